The molecule has 0 radical (unpaired) electrons. The van der Waals surface area contributed by atoms with Crippen molar-refractivity contribution >= 4 is 21.4 Å². The predicted molar refractivity (Wildman–Crippen MR) is 115 cm³/mol. The Kier molecular flexibility index (Phi) is 5.67. The molecule has 0 unspecified atom stereocenters. The highest BCUT2D eigenvalue weighted by Gasteiger charge is 2.22. The van der Waals surface area contributed by atoms with E-state index < -0.39 is 10.0 Å². The van der Waals surface area contributed by atoms with Crippen molar-refractivity contribution in [2.45, 2.75) is 18.4 Å². The van der Waals surface area contributed by atoms with Crippen LogP contribution in [0.25, 0.3) is 22.2 Å². The van der Waals surface area contributed by atoms with E-state index in [4.69, 9.17) is 9.26 Å². The number of nitrogens with zero attached hydrogens (tertiary/aromatic N) is 2. The molecule has 2 aromatic heterocycles. The molecule has 7 nitrogen and oxygen atoms in total. The van der Waals surface area contributed by atoms with Gasteiger partial charge in [-0.05, 0) is 30.7 Å². The molecule has 0 spiro atoms. The topological polar surface area (TPSA) is 94.3 Å². The highest BCUT2D eigenvalue weighted by atomic mass is 32.2. The predicted octanol–water partition coefficient (Wildman–Crippen LogP) is 4.26. The lowest BCUT2D eigenvalue weighted by Gasteiger charge is -2.07. The van der Waals surface area contributed by atoms with Crippen molar-refractivity contribution in [3.05, 3.63) is 71.1 Å². The normalized spacial score (nSPS) is 11.5. The van der Waals surface area contributed by atoms with Crippen LogP contribution in [0.2, 0.25) is 0 Å². The number of rotatable bonds is 7. The third-order valence-electron chi connectivity index (χ3n) is 4.46. The third kappa shape index (κ3) is 4.28. The minimum absolute atomic E-state index is 0.176. The van der Waals surface area contributed by atoms with Crippen molar-refractivity contribution in [1.82, 2.24) is 14.9 Å². The molecule has 1 N–H and O–H groups in total. The van der Waals surface area contributed by atoms with Gasteiger partial charge in [-0.1, -0.05) is 47.6 Å². The summed E-state index contributed by atoms with van der Waals surface area (Å²) in [5, 5.41) is 4.00. The van der Waals surface area contributed by atoms with E-state index in [-0.39, 0.29) is 11.4 Å². The standard InChI is InChI=1S/C21H19N3O4S2/c1-14-19(30(25,26)22-13-15-8-10-17(27-2)11-9-15)12-18(29-14)21-23-20(24-28-21)16-6-4-3-5-7-16/h3-12,22H,13H2,1-2H3. The van der Waals surface area contributed by atoms with Crippen molar-refractivity contribution in [2.24, 2.45) is 0 Å². The van der Waals surface area contributed by atoms with E-state index in [0.29, 0.717) is 27.2 Å². The Morgan fingerprint density at radius 3 is 2.53 bits per heavy atom. The summed E-state index contributed by atoms with van der Waals surface area (Å²) in [5.41, 5.74) is 1.66. The zero-order valence-electron chi connectivity index (χ0n) is 16.3. The molecular formula is C21H19N3O4S2. The summed E-state index contributed by atoms with van der Waals surface area (Å²) in [6.07, 6.45) is 0. The molecule has 0 fully saturated rings. The minimum Gasteiger partial charge on any atom is -0.497 e. The number of aromatic nitrogens is 2. The molecular weight excluding hydrogens is 422 g/mol. The van der Waals surface area contributed by atoms with Gasteiger partial charge in [0, 0.05) is 17.0 Å². The van der Waals surface area contributed by atoms with Gasteiger partial charge in [0.2, 0.25) is 15.8 Å². The first kappa shape index (κ1) is 20.3. The number of hydrogen-bond acceptors (Lipinski definition) is 7. The van der Waals surface area contributed by atoms with Crippen LogP contribution in [-0.4, -0.2) is 25.7 Å². The molecule has 154 valence electrons. The smallest absolute Gasteiger partial charge is 0.268 e. The molecule has 9 heteroatoms. The van der Waals surface area contributed by atoms with E-state index >= 15 is 0 Å². The maximum atomic E-state index is 12.8. The van der Waals surface area contributed by atoms with Crippen LogP contribution in [0.5, 0.6) is 5.75 Å². The molecule has 4 aromatic rings. The van der Waals surface area contributed by atoms with Gasteiger partial charge in [-0.15, -0.1) is 11.3 Å². The van der Waals surface area contributed by atoms with E-state index in [9.17, 15) is 8.42 Å². The van der Waals surface area contributed by atoms with Gasteiger partial charge in [0.15, 0.2) is 0 Å². The van der Waals surface area contributed by atoms with Crippen molar-refractivity contribution in [3.63, 3.8) is 0 Å². The molecule has 0 atom stereocenters. The zero-order valence-corrected chi connectivity index (χ0v) is 18.0. The van der Waals surface area contributed by atoms with E-state index in [1.165, 1.54) is 11.3 Å². The molecule has 0 amide bonds. The quantitative estimate of drug-likeness (QED) is 0.460. The number of sulfonamides is 1. The summed E-state index contributed by atoms with van der Waals surface area (Å²) < 4.78 is 38.8. The number of ether oxygens (including phenoxy) is 1. The first-order valence-electron chi connectivity index (χ1n) is 9.09. The number of benzene rings is 2. The Bertz CT molecular complexity index is 1250. The molecule has 0 bridgehead atoms. The lowest BCUT2D eigenvalue weighted by atomic mass is 10.2. The number of aryl methyl sites for hydroxylation is 1. The van der Waals surface area contributed by atoms with Gasteiger partial charge in [-0.2, -0.15) is 4.98 Å². The molecule has 0 aliphatic heterocycles. The first-order valence-corrected chi connectivity index (χ1v) is 11.4. The average Bonchev–Trinajstić information content (AvgIpc) is 3.41. The molecule has 0 aliphatic carbocycles. The highest BCUT2D eigenvalue weighted by molar-refractivity contribution is 7.89. The number of methoxy groups -OCH3 is 1. The van der Waals surface area contributed by atoms with E-state index in [1.807, 2.05) is 42.5 Å². The van der Waals surface area contributed by atoms with Gasteiger partial charge in [0.25, 0.3) is 5.89 Å². The van der Waals surface area contributed by atoms with Crippen LogP contribution in [0.15, 0.2) is 70.1 Å². The van der Waals surface area contributed by atoms with Crippen LogP contribution in [0.1, 0.15) is 10.4 Å². The summed E-state index contributed by atoms with van der Waals surface area (Å²) in [5.74, 6) is 1.46. The molecule has 0 saturated heterocycles. The fourth-order valence-electron chi connectivity index (χ4n) is 2.87. The molecule has 2 aromatic carbocycles. The van der Waals surface area contributed by atoms with Crippen LogP contribution in [0, 0.1) is 6.92 Å². The monoisotopic (exact) mass is 441 g/mol. The highest BCUT2D eigenvalue weighted by Crippen LogP contribution is 2.33. The molecule has 2 heterocycles. The van der Waals surface area contributed by atoms with Gasteiger partial charge in [0.05, 0.1) is 16.9 Å². The minimum atomic E-state index is -3.70. The summed E-state index contributed by atoms with van der Waals surface area (Å²) in [4.78, 5) is 5.86. The maximum absolute atomic E-state index is 12.8. The van der Waals surface area contributed by atoms with Gasteiger partial charge in [-0.25, -0.2) is 13.1 Å². The summed E-state index contributed by atoms with van der Waals surface area (Å²) in [7, 11) is -2.11. The zero-order chi connectivity index (χ0) is 21.1. The Labute approximate surface area is 178 Å². The Hall–Kier alpha value is -3.01. The molecule has 30 heavy (non-hydrogen) atoms. The van der Waals surface area contributed by atoms with Crippen molar-refractivity contribution in [1.29, 1.82) is 0 Å². The first-order chi connectivity index (χ1) is 14.5. The molecule has 0 aliphatic rings. The van der Waals surface area contributed by atoms with Crippen LogP contribution in [0.4, 0.5) is 0 Å². The molecule has 4 rings (SSSR count). The molecule has 0 saturated carbocycles. The van der Waals surface area contributed by atoms with E-state index in [0.717, 1.165) is 11.1 Å². The number of nitrogens with one attached hydrogen (secondary N) is 1. The summed E-state index contributed by atoms with van der Waals surface area (Å²) in [6, 6.07) is 18.2. The lowest BCUT2D eigenvalue weighted by molar-refractivity contribution is 0.414. The Morgan fingerprint density at radius 2 is 1.83 bits per heavy atom. The largest absolute Gasteiger partial charge is 0.497 e. The van der Waals surface area contributed by atoms with Gasteiger partial charge >= 0.3 is 0 Å². The SMILES string of the molecule is COc1ccc(CNS(=O)(=O)c2cc(-c3nc(-c4ccccc4)no3)sc2C)cc1. The lowest BCUT2D eigenvalue weighted by Crippen LogP contribution is -2.23. The van der Waals surface area contributed by atoms with Crippen molar-refractivity contribution in [3.8, 4) is 27.9 Å². The van der Waals surface area contributed by atoms with Crippen molar-refractivity contribution in [2.75, 3.05) is 7.11 Å². The fourth-order valence-corrected chi connectivity index (χ4v) is 5.39. The van der Waals surface area contributed by atoms with Gasteiger partial charge < -0.3 is 9.26 Å². The van der Waals surface area contributed by atoms with Gasteiger partial charge in [0.1, 0.15) is 5.75 Å². The van der Waals surface area contributed by atoms with Crippen molar-refractivity contribution < 1.29 is 17.7 Å². The van der Waals surface area contributed by atoms with Crippen LogP contribution >= 0.6 is 11.3 Å². The van der Waals surface area contributed by atoms with Gasteiger partial charge in [-0.3, -0.25) is 0 Å². The second-order valence-corrected chi connectivity index (χ2v) is 9.48. The maximum Gasteiger partial charge on any atom is 0.268 e. The number of hydrogen-bond donors (Lipinski definition) is 1. The van der Waals surface area contributed by atoms with Crippen LogP contribution < -0.4 is 9.46 Å². The summed E-state index contributed by atoms with van der Waals surface area (Å²) >= 11 is 1.30. The average molecular weight is 442 g/mol. The van der Waals surface area contributed by atoms with E-state index in [2.05, 4.69) is 14.9 Å². The van der Waals surface area contributed by atoms with E-state index in [1.54, 1.807) is 32.2 Å². The fraction of sp³-hybridized carbons (Fsp3) is 0.143. The van der Waals surface area contributed by atoms with Crippen LogP contribution in [-0.2, 0) is 16.6 Å². The van der Waals surface area contributed by atoms with Crippen LogP contribution in [0.3, 0.4) is 0 Å². The number of thiophene rings is 1. The second kappa shape index (κ2) is 8.39. The third-order valence-corrected chi connectivity index (χ3v) is 7.15. The Balaban J connectivity index is 1.53. The summed E-state index contributed by atoms with van der Waals surface area (Å²) in [6.45, 7) is 1.93. The second-order valence-electron chi connectivity index (χ2n) is 6.49. The Morgan fingerprint density at radius 1 is 1.10 bits per heavy atom.